The quantitative estimate of drug-likeness (QED) is 0.681. The van der Waals surface area contributed by atoms with Gasteiger partial charge < -0.3 is 15.8 Å². The van der Waals surface area contributed by atoms with Gasteiger partial charge >= 0.3 is 0 Å². The Labute approximate surface area is 166 Å². The number of amides is 1. The first-order valence-corrected chi connectivity index (χ1v) is 9.73. The van der Waals surface area contributed by atoms with Gasteiger partial charge in [-0.3, -0.25) is 9.69 Å². The van der Waals surface area contributed by atoms with Crippen molar-refractivity contribution in [1.29, 1.82) is 0 Å². The molecule has 1 aliphatic heterocycles. The molecule has 0 bridgehead atoms. The molecular formula is C19H20N6O2S. The molecule has 0 saturated carbocycles. The average Bonchev–Trinajstić information content (AvgIpc) is 3.18. The van der Waals surface area contributed by atoms with Crippen molar-refractivity contribution < 1.29 is 9.53 Å². The van der Waals surface area contributed by atoms with Crippen molar-refractivity contribution in [3.05, 3.63) is 53.3 Å². The molecular weight excluding hydrogens is 376 g/mol. The van der Waals surface area contributed by atoms with E-state index in [4.69, 9.17) is 10.5 Å². The number of nitrogens with two attached hydrogens (primary N) is 1. The highest BCUT2D eigenvalue weighted by Gasteiger charge is 2.15. The zero-order valence-corrected chi connectivity index (χ0v) is 16.0. The minimum Gasteiger partial charge on any atom is -0.383 e. The summed E-state index contributed by atoms with van der Waals surface area (Å²) in [5, 5.41) is 10.2. The normalized spacial score (nSPS) is 14.7. The van der Waals surface area contributed by atoms with E-state index >= 15 is 0 Å². The fraction of sp³-hybridized carbons (Fsp3) is 0.263. The molecule has 0 aromatic carbocycles. The van der Waals surface area contributed by atoms with Crippen molar-refractivity contribution in [2.75, 3.05) is 37.4 Å². The van der Waals surface area contributed by atoms with Gasteiger partial charge in [-0.2, -0.15) is 10.2 Å². The number of pyridine rings is 1. The van der Waals surface area contributed by atoms with E-state index in [9.17, 15) is 4.79 Å². The molecule has 3 aromatic heterocycles. The standard InChI is InChI=1S/C19H20N6O2S/c20-18-16(19(26)24-14-3-4-22-23-11-14)9-13(10-21-18)17-2-1-15(28-17)12-25-5-7-27-8-6-25/h1-4,9-11H,5-8,12H2,(H2,20,21)(H,22,24,26). The molecule has 0 spiro atoms. The van der Waals surface area contributed by atoms with E-state index in [1.165, 1.54) is 17.3 Å². The Morgan fingerprint density at radius 1 is 1.21 bits per heavy atom. The maximum Gasteiger partial charge on any atom is 0.259 e. The van der Waals surface area contributed by atoms with Gasteiger partial charge in [-0.25, -0.2) is 4.98 Å². The molecule has 0 unspecified atom stereocenters. The number of thiophene rings is 1. The van der Waals surface area contributed by atoms with Crippen molar-refractivity contribution in [3.63, 3.8) is 0 Å². The van der Waals surface area contributed by atoms with Gasteiger partial charge in [0.05, 0.1) is 36.9 Å². The Balaban J connectivity index is 1.51. The molecule has 1 fully saturated rings. The third kappa shape index (κ3) is 4.33. The van der Waals surface area contributed by atoms with Gasteiger partial charge in [0.1, 0.15) is 5.82 Å². The van der Waals surface area contributed by atoms with Crippen LogP contribution < -0.4 is 11.1 Å². The van der Waals surface area contributed by atoms with Gasteiger partial charge in [-0.1, -0.05) is 0 Å². The van der Waals surface area contributed by atoms with Gasteiger partial charge in [0, 0.05) is 41.1 Å². The van der Waals surface area contributed by atoms with E-state index in [-0.39, 0.29) is 11.7 Å². The largest absolute Gasteiger partial charge is 0.383 e. The summed E-state index contributed by atoms with van der Waals surface area (Å²) in [6.07, 6.45) is 4.68. The lowest BCUT2D eigenvalue weighted by atomic mass is 10.1. The summed E-state index contributed by atoms with van der Waals surface area (Å²) in [5.74, 6) is -0.140. The van der Waals surface area contributed by atoms with E-state index in [0.29, 0.717) is 11.3 Å². The molecule has 1 aliphatic rings. The maximum absolute atomic E-state index is 12.6. The van der Waals surface area contributed by atoms with Crippen LogP contribution in [0.1, 0.15) is 15.2 Å². The molecule has 0 radical (unpaired) electrons. The predicted molar refractivity (Wildman–Crippen MR) is 108 cm³/mol. The summed E-state index contributed by atoms with van der Waals surface area (Å²) < 4.78 is 5.40. The molecule has 3 N–H and O–H groups in total. The molecule has 4 heterocycles. The first-order valence-electron chi connectivity index (χ1n) is 8.92. The number of rotatable bonds is 5. The summed E-state index contributed by atoms with van der Waals surface area (Å²) in [5.41, 5.74) is 7.68. The SMILES string of the molecule is Nc1ncc(-c2ccc(CN3CCOCC3)s2)cc1C(=O)Nc1ccnnc1. The van der Waals surface area contributed by atoms with Gasteiger partial charge in [0.25, 0.3) is 5.91 Å². The zero-order chi connectivity index (χ0) is 19.3. The number of morpholine rings is 1. The van der Waals surface area contributed by atoms with Crippen molar-refractivity contribution >= 4 is 28.7 Å². The highest BCUT2D eigenvalue weighted by Crippen LogP contribution is 2.30. The predicted octanol–water partition coefficient (Wildman–Crippen LogP) is 2.27. The second-order valence-electron chi connectivity index (χ2n) is 6.40. The lowest BCUT2D eigenvalue weighted by molar-refractivity contribution is 0.0346. The van der Waals surface area contributed by atoms with Crippen LogP contribution in [0.5, 0.6) is 0 Å². The summed E-state index contributed by atoms with van der Waals surface area (Å²) in [6, 6.07) is 7.61. The van der Waals surface area contributed by atoms with Gasteiger partial charge in [-0.05, 0) is 24.3 Å². The Morgan fingerprint density at radius 3 is 2.86 bits per heavy atom. The molecule has 28 heavy (non-hydrogen) atoms. The topological polar surface area (TPSA) is 106 Å². The fourth-order valence-electron chi connectivity index (χ4n) is 2.95. The first kappa shape index (κ1) is 18.5. The highest BCUT2D eigenvalue weighted by molar-refractivity contribution is 7.15. The number of nitrogens with one attached hydrogen (secondary N) is 1. The average molecular weight is 396 g/mol. The summed E-state index contributed by atoms with van der Waals surface area (Å²) >= 11 is 1.70. The number of anilines is 2. The van der Waals surface area contributed by atoms with Gasteiger partial charge in [-0.15, -0.1) is 11.3 Å². The van der Waals surface area contributed by atoms with Crippen molar-refractivity contribution in [3.8, 4) is 10.4 Å². The van der Waals surface area contributed by atoms with E-state index < -0.39 is 0 Å². The minimum absolute atomic E-state index is 0.188. The van der Waals surface area contributed by atoms with Crippen molar-refractivity contribution in [2.45, 2.75) is 6.54 Å². The van der Waals surface area contributed by atoms with Gasteiger partial charge in [0.2, 0.25) is 0 Å². The van der Waals surface area contributed by atoms with E-state index in [0.717, 1.165) is 43.3 Å². The summed E-state index contributed by atoms with van der Waals surface area (Å²) in [7, 11) is 0. The van der Waals surface area contributed by atoms with Gasteiger partial charge in [0.15, 0.2) is 0 Å². The fourth-order valence-corrected chi connectivity index (χ4v) is 3.98. The Kier molecular flexibility index (Phi) is 5.56. The van der Waals surface area contributed by atoms with Crippen LogP contribution in [0.3, 0.4) is 0 Å². The Hall–Kier alpha value is -2.88. The van der Waals surface area contributed by atoms with E-state index in [1.54, 1.807) is 29.7 Å². The van der Waals surface area contributed by atoms with Crippen molar-refractivity contribution in [2.24, 2.45) is 0 Å². The number of nitrogen functional groups attached to an aromatic ring is 1. The Morgan fingerprint density at radius 2 is 2.07 bits per heavy atom. The first-order chi connectivity index (χ1) is 13.7. The van der Waals surface area contributed by atoms with Crippen LogP contribution in [0.2, 0.25) is 0 Å². The second kappa shape index (κ2) is 8.42. The molecule has 8 nitrogen and oxygen atoms in total. The van der Waals surface area contributed by atoms with E-state index in [1.807, 2.05) is 0 Å². The number of carbonyl (C=O) groups is 1. The lowest BCUT2D eigenvalue weighted by Gasteiger charge is -2.25. The second-order valence-corrected chi connectivity index (χ2v) is 7.56. The monoisotopic (exact) mass is 396 g/mol. The van der Waals surface area contributed by atoms with Crippen LogP contribution in [0.25, 0.3) is 10.4 Å². The maximum atomic E-state index is 12.6. The van der Waals surface area contributed by atoms with Crippen LogP contribution in [-0.2, 0) is 11.3 Å². The molecule has 1 amide bonds. The van der Waals surface area contributed by atoms with E-state index in [2.05, 4.69) is 37.5 Å². The molecule has 3 aromatic rings. The number of aromatic nitrogens is 3. The number of nitrogens with zero attached hydrogens (tertiary/aromatic N) is 4. The zero-order valence-electron chi connectivity index (χ0n) is 15.2. The number of carbonyl (C=O) groups excluding carboxylic acids is 1. The molecule has 9 heteroatoms. The number of hydrogen-bond donors (Lipinski definition) is 2. The molecule has 144 valence electrons. The van der Waals surface area contributed by atoms with Crippen LogP contribution in [0, 0.1) is 0 Å². The third-order valence-electron chi connectivity index (χ3n) is 4.43. The minimum atomic E-state index is -0.329. The van der Waals surface area contributed by atoms with Crippen LogP contribution in [0.4, 0.5) is 11.5 Å². The molecule has 0 aliphatic carbocycles. The van der Waals surface area contributed by atoms with Crippen LogP contribution >= 0.6 is 11.3 Å². The lowest BCUT2D eigenvalue weighted by Crippen LogP contribution is -2.35. The molecule has 4 rings (SSSR count). The van der Waals surface area contributed by atoms with Crippen molar-refractivity contribution in [1.82, 2.24) is 20.1 Å². The summed E-state index contributed by atoms with van der Waals surface area (Å²) in [4.78, 5) is 21.5. The highest BCUT2D eigenvalue weighted by atomic mass is 32.1. The number of ether oxygens (including phenoxy) is 1. The molecule has 1 saturated heterocycles. The van der Waals surface area contributed by atoms with Crippen LogP contribution in [-0.4, -0.2) is 52.3 Å². The summed E-state index contributed by atoms with van der Waals surface area (Å²) in [6.45, 7) is 4.37. The number of hydrogen-bond acceptors (Lipinski definition) is 8. The smallest absolute Gasteiger partial charge is 0.259 e. The molecule has 0 atom stereocenters. The third-order valence-corrected chi connectivity index (χ3v) is 5.55. The van der Waals surface area contributed by atoms with Crippen LogP contribution in [0.15, 0.2) is 42.9 Å². The Bertz CT molecular complexity index is 956.